The van der Waals surface area contributed by atoms with Crippen LogP contribution in [0.15, 0.2) is 18.2 Å². The number of hydrogen-bond donors (Lipinski definition) is 1. The Kier molecular flexibility index (Phi) is 3.84. The second kappa shape index (κ2) is 5.38. The van der Waals surface area contributed by atoms with E-state index in [0.717, 1.165) is 12.8 Å². The molecule has 1 saturated carbocycles. The molecule has 18 heavy (non-hydrogen) atoms. The van der Waals surface area contributed by atoms with Crippen molar-refractivity contribution in [1.82, 2.24) is 4.90 Å². The van der Waals surface area contributed by atoms with Crippen molar-refractivity contribution in [3.63, 3.8) is 0 Å². The molecule has 0 heterocycles. The van der Waals surface area contributed by atoms with Crippen LogP contribution in [0.4, 0.5) is 10.1 Å². The fourth-order valence-electron chi connectivity index (χ4n) is 2.63. The summed E-state index contributed by atoms with van der Waals surface area (Å²) in [4.78, 5) is 14.2. The van der Waals surface area contributed by atoms with Gasteiger partial charge >= 0.3 is 0 Å². The number of anilines is 1. The summed E-state index contributed by atoms with van der Waals surface area (Å²) in [5, 5.41) is 0. The van der Waals surface area contributed by atoms with Gasteiger partial charge in [-0.05, 0) is 38.0 Å². The van der Waals surface area contributed by atoms with Gasteiger partial charge in [0.2, 0.25) is 0 Å². The van der Waals surface area contributed by atoms with Crippen molar-refractivity contribution in [2.24, 2.45) is 0 Å². The van der Waals surface area contributed by atoms with E-state index in [9.17, 15) is 9.18 Å². The van der Waals surface area contributed by atoms with Crippen molar-refractivity contribution in [2.75, 3.05) is 12.3 Å². The number of hydrogen-bond acceptors (Lipinski definition) is 2. The third-order valence-corrected chi connectivity index (χ3v) is 3.61. The molecule has 2 rings (SSSR count). The topological polar surface area (TPSA) is 46.3 Å². The monoisotopic (exact) mass is 250 g/mol. The molecule has 2 N–H and O–H groups in total. The highest BCUT2D eigenvalue weighted by atomic mass is 19.1. The van der Waals surface area contributed by atoms with E-state index in [-0.39, 0.29) is 11.6 Å². The van der Waals surface area contributed by atoms with Crippen molar-refractivity contribution < 1.29 is 9.18 Å². The van der Waals surface area contributed by atoms with Crippen LogP contribution in [-0.2, 0) is 0 Å². The fourth-order valence-corrected chi connectivity index (χ4v) is 2.63. The molecule has 1 aromatic rings. The first-order valence-corrected chi connectivity index (χ1v) is 6.49. The van der Waals surface area contributed by atoms with Crippen LogP contribution in [0.2, 0.25) is 0 Å². The summed E-state index contributed by atoms with van der Waals surface area (Å²) in [6.45, 7) is 2.66. The third kappa shape index (κ3) is 2.47. The summed E-state index contributed by atoms with van der Waals surface area (Å²) in [7, 11) is 0. The summed E-state index contributed by atoms with van der Waals surface area (Å²) in [6.07, 6.45) is 4.49. The third-order valence-electron chi connectivity index (χ3n) is 3.61. The second-order valence-electron chi connectivity index (χ2n) is 4.77. The lowest BCUT2D eigenvalue weighted by Crippen LogP contribution is -2.38. The maximum Gasteiger partial charge on any atom is 0.254 e. The molecule has 1 fully saturated rings. The molecular weight excluding hydrogens is 231 g/mol. The van der Waals surface area contributed by atoms with Gasteiger partial charge in [0, 0.05) is 18.2 Å². The van der Waals surface area contributed by atoms with E-state index in [1.54, 1.807) is 0 Å². The minimum Gasteiger partial charge on any atom is -0.396 e. The van der Waals surface area contributed by atoms with Crippen LogP contribution < -0.4 is 5.73 Å². The maximum absolute atomic E-state index is 13.1. The SMILES string of the molecule is CCN(C(=O)c1ccc(F)c(N)c1)C1CCCC1. The number of carbonyl (C=O) groups is 1. The van der Waals surface area contributed by atoms with E-state index in [0.29, 0.717) is 18.2 Å². The number of carbonyl (C=O) groups excluding carboxylic acids is 1. The second-order valence-corrected chi connectivity index (χ2v) is 4.77. The molecule has 4 heteroatoms. The van der Waals surface area contributed by atoms with Crippen molar-refractivity contribution in [1.29, 1.82) is 0 Å². The predicted molar refractivity (Wildman–Crippen MR) is 69.8 cm³/mol. The highest BCUT2D eigenvalue weighted by molar-refractivity contribution is 5.95. The molecule has 0 aromatic heterocycles. The molecule has 1 aliphatic rings. The Balaban J connectivity index is 2.19. The molecule has 0 radical (unpaired) electrons. The average Bonchev–Trinajstić information content (AvgIpc) is 2.87. The van der Waals surface area contributed by atoms with E-state index in [2.05, 4.69) is 0 Å². The predicted octanol–water partition coefficient (Wildman–Crippen LogP) is 2.81. The van der Waals surface area contributed by atoms with Gasteiger partial charge in [-0.2, -0.15) is 0 Å². The van der Waals surface area contributed by atoms with Gasteiger partial charge < -0.3 is 10.6 Å². The molecule has 1 aliphatic carbocycles. The fraction of sp³-hybridized carbons (Fsp3) is 0.500. The molecular formula is C14H19FN2O. The molecule has 0 unspecified atom stereocenters. The molecule has 0 saturated heterocycles. The van der Waals surface area contributed by atoms with Gasteiger partial charge in [-0.15, -0.1) is 0 Å². The van der Waals surface area contributed by atoms with Crippen LogP contribution in [0, 0.1) is 5.82 Å². The summed E-state index contributed by atoms with van der Waals surface area (Å²) >= 11 is 0. The van der Waals surface area contributed by atoms with Crippen molar-refractivity contribution in [2.45, 2.75) is 38.6 Å². The Labute approximate surface area is 107 Å². The average molecular weight is 250 g/mol. The van der Waals surface area contributed by atoms with Gasteiger partial charge in [0.25, 0.3) is 5.91 Å². The Morgan fingerprint density at radius 2 is 2.11 bits per heavy atom. The van der Waals surface area contributed by atoms with Crippen LogP contribution in [-0.4, -0.2) is 23.4 Å². The minimum atomic E-state index is -0.476. The molecule has 1 aromatic carbocycles. The lowest BCUT2D eigenvalue weighted by atomic mass is 10.1. The van der Waals surface area contributed by atoms with E-state index < -0.39 is 5.82 Å². The Morgan fingerprint density at radius 3 is 2.67 bits per heavy atom. The zero-order valence-electron chi connectivity index (χ0n) is 10.7. The lowest BCUT2D eigenvalue weighted by Gasteiger charge is -2.27. The van der Waals surface area contributed by atoms with Gasteiger partial charge in [-0.25, -0.2) is 4.39 Å². The van der Waals surface area contributed by atoms with Crippen LogP contribution in [0.3, 0.4) is 0 Å². The van der Waals surface area contributed by atoms with Crippen molar-refractivity contribution >= 4 is 11.6 Å². The maximum atomic E-state index is 13.1. The molecule has 0 spiro atoms. The first kappa shape index (κ1) is 12.9. The van der Waals surface area contributed by atoms with Crippen molar-refractivity contribution in [3.8, 4) is 0 Å². The smallest absolute Gasteiger partial charge is 0.254 e. The zero-order chi connectivity index (χ0) is 13.1. The number of amides is 1. The first-order chi connectivity index (χ1) is 8.63. The largest absolute Gasteiger partial charge is 0.396 e. The highest BCUT2D eigenvalue weighted by Gasteiger charge is 2.26. The quantitative estimate of drug-likeness (QED) is 0.838. The Morgan fingerprint density at radius 1 is 1.44 bits per heavy atom. The van der Waals surface area contributed by atoms with Crippen LogP contribution in [0.5, 0.6) is 0 Å². The number of nitrogens with two attached hydrogens (primary N) is 1. The van der Waals surface area contributed by atoms with E-state index in [1.807, 2.05) is 11.8 Å². The van der Waals surface area contributed by atoms with E-state index in [4.69, 9.17) is 5.73 Å². The summed E-state index contributed by atoms with van der Waals surface area (Å²) in [5.74, 6) is -0.522. The molecule has 0 bridgehead atoms. The summed E-state index contributed by atoms with van der Waals surface area (Å²) < 4.78 is 13.1. The summed E-state index contributed by atoms with van der Waals surface area (Å²) in [6, 6.07) is 4.51. The number of nitrogen functional groups attached to an aromatic ring is 1. The molecule has 1 amide bonds. The first-order valence-electron chi connectivity index (χ1n) is 6.49. The highest BCUT2D eigenvalue weighted by Crippen LogP contribution is 2.25. The van der Waals surface area contributed by atoms with E-state index >= 15 is 0 Å². The van der Waals surface area contributed by atoms with Gasteiger partial charge in [-0.3, -0.25) is 4.79 Å². The van der Waals surface area contributed by atoms with E-state index in [1.165, 1.54) is 31.0 Å². The Bertz CT molecular complexity index is 441. The number of benzene rings is 1. The number of halogens is 1. The van der Waals surface area contributed by atoms with Crippen LogP contribution >= 0.6 is 0 Å². The van der Waals surface area contributed by atoms with Gasteiger partial charge in [0.05, 0.1) is 5.69 Å². The van der Waals surface area contributed by atoms with Crippen molar-refractivity contribution in [3.05, 3.63) is 29.6 Å². The molecule has 0 aliphatic heterocycles. The van der Waals surface area contributed by atoms with Crippen LogP contribution in [0.25, 0.3) is 0 Å². The lowest BCUT2D eigenvalue weighted by molar-refractivity contribution is 0.0693. The normalized spacial score (nSPS) is 15.9. The van der Waals surface area contributed by atoms with Crippen LogP contribution in [0.1, 0.15) is 43.0 Å². The zero-order valence-corrected chi connectivity index (χ0v) is 10.7. The van der Waals surface area contributed by atoms with Gasteiger partial charge in [-0.1, -0.05) is 12.8 Å². The van der Waals surface area contributed by atoms with Gasteiger partial charge in [0.15, 0.2) is 0 Å². The minimum absolute atomic E-state index is 0.0309. The summed E-state index contributed by atoms with van der Waals surface area (Å²) in [5.41, 5.74) is 6.01. The molecule has 0 atom stereocenters. The molecule has 98 valence electrons. The Hall–Kier alpha value is -1.58. The number of rotatable bonds is 3. The van der Waals surface area contributed by atoms with Gasteiger partial charge in [0.1, 0.15) is 5.82 Å². The standard InChI is InChI=1S/C14H19FN2O/c1-2-17(11-5-3-4-6-11)14(18)10-7-8-12(15)13(16)9-10/h7-9,11H,2-6,16H2,1H3. The molecule has 3 nitrogen and oxygen atoms in total. The number of nitrogens with zero attached hydrogens (tertiary/aromatic N) is 1.